The third-order valence-corrected chi connectivity index (χ3v) is 4.03. The van der Waals surface area contributed by atoms with E-state index in [9.17, 15) is 4.79 Å². The van der Waals surface area contributed by atoms with E-state index in [0.717, 1.165) is 24.3 Å². The molecule has 0 spiro atoms. The molecule has 3 rings (SSSR count). The molecule has 0 fully saturated rings. The van der Waals surface area contributed by atoms with Crippen LogP contribution in [-0.4, -0.2) is 42.9 Å². The summed E-state index contributed by atoms with van der Waals surface area (Å²) in [7, 11) is 3.95. The van der Waals surface area contributed by atoms with Gasteiger partial charge in [-0.2, -0.15) is 5.10 Å². The summed E-state index contributed by atoms with van der Waals surface area (Å²) in [6, 6.07) is 7.58. The predicted octanol–water partition coefficient (Wildman–Crippen LogP) is 1.45. The van der Waals surface area contributed by atoms with E-state index in [-0.39, 0.29) is 5.91 Å². The lowest BCUT2D eigenvalue weighted by atomic mass is 10.2. The molecule has 1 N–H and O–H groups in total. The molecule has 1 aliphatic heterocycles. The quantitative estimate of drug-likeness (QED) is 0.907. The van der Waals surface area contributed by atoms with Crippen LogP contribution in [0.25, 0.3) is 0 Å². The van der Waals surface area contributed by atoms with Crippen molar-refractivity contribution < 1.29 is 9.53 Å². The Morgan fingerprint density at radius 2 is 2.13 bits per heavy atom. The minimum atomic E-state index is -0.0559. The molecule has 122 valence electrons. The maximum absolute atomic E-state index is 12.2. The number of fused-ring (bicyclic) bond motifs is 1. The van der Waals surface area contributed by atoms with E-state index in [1.807, 2.05) is 54.1 Å². The molecule has 2 aromatic rings. The van der Waals surface area contributed by atoms with Crippen LogP contribution in [0.2, 0.25) is 0 Å². The van der Waals surface area contributed by atoms with Crippen LogP contribution in [-0.2, 0) is 24.3 Å². The van der Waals surface area contributed by atoms with Gasteiger partial charge >= 0.3 is 0 Å². The summed E-state index contributed by atoms with van der Waals surface area (Å²) >= 11 is 0. The summed E-state index contributed by atoms with van der Waals surface area (Å²) in [4.78, 5) is 14.2. The number of amides is 1. The number of aromatic nitrogens is 2. The van der Waals surface area contributed by atoms with Gasteiger partial charge in [0.1, 0.15) is 0 Å². The number of carbonyl (C=O) groups is 1. The van der Waals surface area contributed by atoms with Crippen LogP contribution in [0, 0.1) is 0 Å². The zero-order chi connectivity index (χ0) is 16.2. The molecule has 6 nitrogen and oxygen atoms in total. The second kappa shape index (κ2) is 6.83. The largest absolute Gasteiger partial charge is 0.378 e. The number of carbonyl (C=O) groups excluding carboxylic acids is 1. The standard InChI is InChI=1S/C17H22N4O2/c1-20(2)15-5-3-13(4-6-15)17(22)18-8-9-21-16-7-10-23-12-14(16)11-19-21/h3-6,11H,7-10,12H2,1-2H3,(H,18,22). The van der Waals surface area contributed by atoms with E-state index in [1.54, 1.807) is 0 Å². The Morgan fingerprint density at radius 3 is 2.87 bits per heavy atom. The van der Waals surface area contributed by atoms with E-state index in [4.69, 9.17) is 4.74 Å². The molecule has 0 unspecified atom stereocenters. The average molecular weight is 314 g/mol. The van der Waals surface area contributed by atoms with Gasteiger partial charge in [0.05, 0.1) is 26.0 Å². The lowest BCUT2D eigenvalue weighted by molar-refractivity contribution is 0.0950. The summed E-state index contributed by atoms with van der Waals surface area (Å²) in [6.07, 6.45) is 2.74. The molecule has 2 heterocycles. The smallest absolute Gasteiger partial charge is 0.251 e. The number of hydrogen-bond donors (Lipinski definition) is 1. The number of nitrogens with one attached hydrogen (secondary N) is 1. The van der Waals surface area contributed by atoms with Gasteiger partial charge in [0.25, 0.3) is 5.91 Å². The van der Waals surface area contributed by atoms with Gasteiger partial charge in [-0.05, 0) is 24.3 Å². The Morgan fingerprint density at radius 1 is 1.35 bits per heavy atom. The van der Waals surface area contributed by atoms with Crippen LogP contribution in [0.15, 0.2) is 30.5 Å². The first-order chi connectivity index (χ1) is 11.1. The molecule has 1 aromatic carbocycles. The van der Waals surface area contributed by atoms with Crippen molar-refractivity contribution in [2.75, 3.05) is 32.1 Å². The molecule has 1 aliphatic rings. The molecule has 0 atom stereocenters. The lowest BCUT2D eigenvalue weighted by Gasteiger charge is -2.15. The number of anilines is 1. The normalized spacial score (nSPS) is 13.5. The van der Waals surface area contributed by atoms with Crippen molar-refractivity contribution in [1.82, 2.24) is 15.1 Å². The molecule has 1 amide bonds. The molecular formula is C17H22N4O2. The highest BCUT2D eigenvalue weighted by molar-refractivity contribution is 5.94. The van der Waals surface area contributed by atoms with E-state index < -0.39 is 0 Å². The monoisotopic (exact) mass is 314 g/mol. The molecular weight excluding hydrogens is 292 g/mol. The van der Waals surface area contributed by atoms with E-state index >= 15 is 0 Å². The highest BCUT2D eigenvalue weighted by Crippen LogP contribution is 2.16. The van der Waals surface area contributed by atoms with Crippen molar-refractivity contribution in [1.29, 1.82) is 0 Å². The fourth-order valence-electron chi connectivity index (χ4n) is 2.69. The van der Waals surface area contributed by atoms with Crippen LogP contribution >= 0.6 is 0 Å². The average Bonchev–Trinajstić information content (AvgIpc) is 2.98. The van der Waals surface area contributed by atoms with Crippen molar-refractivity contribution in [3.8, 4) is 0 Å². The van der Waals surface area contributed by atoms with Gasteiger partial charge in [-0.25, -0.2) is 0 Å². The highest BCUT2D eigenvalue weighted by atomic mass is 16.5. The second-order valence-corrected chi connectivity index (χ2v) is 5.84. The molecule has 0 aliphatic carbocycles. The number of rotatable bonds is 5. The molecule has 0 saturated carbocycles. The third kappa shape index (κ3) is 3.53. The number of hydrogen-bond acceptors (Lipinski definition) is 4. The number of benzene rings is 1. The van der Waals surface area contributed by atoms with Crippen molar-refractivity contribution in [3.63, 3.8) is 0 Å². The van der Waals surface area contributed by atoms with Crippen molar-refractivity contribution in [3.05, 3.63) is 47.3 Å². The van der Waals surface area contributed by atoms with Crippen LogP contribution in [0.5, 0.6) is 0 Å². The highest BCUT2D eigenvalue weighted by Gasteiger charge is 2.15. The fraction of sp³-hybridized carbons (Fsp3) is 0.412. The first-order valence-corrected chi connectivity index (χ1v) is 7.82. The van der Waals surface area contributed by atoms with Gasteiger partial charge in [-0.15, -0.1) is 0 Å². The van der Waals surface area contributed by atoms with Crippen molar-refractivity contribution >= 4 is 11.6 Å². The van der Waals surface area contributed by atoms with Crippen LogP contribution in [0.1, 0.15) is 21.6 Å². The lowest BCUT2D eigenvalue weighted by Crippen LogP contribution is -2.28. The van der Waals surface area contributed by atoms with Gasteiger partial charge in [-0.3, -0.25) is 9.48 Å². The Labute approximate surface area is 136 Å². The molecule has 0 radical (unpaired) electrons. The zero-order valence-electron chi connectivity index (χ0n) is 13.6. The summed E-state index contributed by atoms with van der Waals surface area (Å²) in [5, 5.41) is 7.33. The van der Waals surface area contributed by atoms with E-state index in [1.165, 1.54) is 5.69 Å². The van der Waals surface area contributed by atoms with E-state index in [2.05, 4.69) is 10.4 Å². The first-order valence-electron chi connectivity index (χ1n) is 7.82. The maximum Gasteiger partial charge on any atom is 0.251 e. The number of nitrogens with zero attached hydrogens (tertiary/aromatic N) is 3. The topological polar surface area (TPSA) is 59.4 Å². The van der Waals surface area contributed by atoms with Crippen LogP contribution in [0.4, 0.5) is 5.69 Å². The Balaban J connectivity index is 1.54. The van der Waals surface area contributed by atoms with Gasteiger partial charge in [-0.1, -0.05) is 0 Å². The first kappa shape index (κ1) is 15.6. The van der Waals surface area contributed by atoms with Crippen LogP contribution in [0.3, 0.4) is 0 Å². The number of ether oxygens (including phenoxy) is 1. The Bertz CT molecular complexity index is 676. The second-order valence-electron chi connectivity index (χ2n) is 5.84. The van der Waals surface area contributed by atoms with Crippen molar-refractivity contribution in [2.24, 2.45) is 0 Å². The predicted molar refractivity (Wildman–Crippen MR) is 88.7 cm³/mol. The van der Waals surface area contributed by atoms with Crippen molar-refractivity contribution in [2.45, 2.75) is 19.6 Å². The third-order valence-electron chi connectivity index (χ3n) is 4.03. The molecule has 0 bridgehead atoms. The summed E-state index contributed by atoms with van der Waals surface area (Å²) in [6.45, 7) is 2.61. The summed E-state index contributed by atoms with van der Waals surface area (Å²) < 4.78 is 7.38. The molecule has 23 heavy (non-hydrogen) atoms. The maximum atomic E-state index is 12.2. The minimum absolute atomic E-state index is 0.0559. The van der Waals surface area contributed by atoms with Gasteiger partial charge < -0.3 is 15.0 Å². The molecule has 1 aromatic heterocycles. The zero-order valence-corrected chi connectivity index (χ0v) is 13.6. The summed E-state index contributed by atoms with van der Waals surface area (Å²) in [5.41, 5.74) is 4.13. The Kier molecular flexibility index (Phi) is 4.62. The van der Waals surface area contributed by atoms with E-state index in [0.29, 0.717) is 25.3 Å². The summed E-state index contributed by atoms with van der Waals surface area (Å²) in [5.74, 6) is -0.0559. The Hall–Kier alpha value is -2.34. The fourth-order valence-corrected chi connectivity index (χ4v) is 2.69. The van der Waals surface area contributed by atoms with Gasteiger partial charge in [0.15, 0.2) is 0 Å². The minimum Gasteiger partial charge on any atom is -0.378 e. The molecule has 0 saturated heterocycles. The SMILES string of the molecule is CN(C)c1ccc(C(=O)NCCn2ncc3c2CCOC3)cc1. The van der Waals surface area contributed by atoms with Gasteiger partial charge in [0, 0.05) is 49.6 Å². The molecule has 6 heteroatoms. The van der Waals surface area contributed by atoms with Crippen LogP contribution < -0.4 is 10.2 Å². The van der Waals surface area contributed by atoms with Gasteiger partial charge in [0.2, 0.25) is 0 Å².